The molecule has 1 heterocycles. The zero-order valence-corrected chi connectivity index (χ0v) is 11.9. The first-order valence-corrected chi connectivity index (χ1v) is 7.36. The maximum atomic E-state index is 14.2. The predicted octanol–water partition coefficient (Wildman–Crippen LogP) is 4.35. The summed E-state index contributed by atoms with van der Waals surface area (Å²) in [6.07, 6.45) is 4.55. The summed E-state index contributed by atoms with van der Waals surface area (Å²) in [7, 11) is 0. The van der Waals surface area contributed by atoms with Gasteiger partial charge in [0.25, 0.3) is 0 Å². The van der Waals surface area contributed by atoms with Crippen molar-refractivity contribution in [3.05, 3.63) is 34.8 Å². The van der Waals surface area contributed by atoms with Crippen molar-refractivity contribution in [3.63, 3.8) is 0 Å². The van der Waals surface area contributed by atoms with E-state index < -0.39 is 17.5 Å². The first kappa shape index (κ1) is 14.2. The van der Waals surface area contributed by atoms with Crippen molar-refractivity contribution < 1.29 is 13.2 Å². The van der Waals surface area contributed by atoms with Crippen molar-refractivity contribution in [2.24, 2.45) is 0 Å². The third-order valence-corrected chi connectivity index (χ3v) is 3.99. The van der Waals surface area contributed by atoms with Crippen LogP contribution < -0.4 is 5.32 Å². The molecule has 2 nitrogen and oxygen atoms in total. The minimum absolute atomic E-state index is 0.0661. The highest BCUT2D eigenvalue weighted by molar-refractivity contribution is 5.94. The quantitative estimate of drug-likeness (QED) is 0.658. The van der Waals surface area contributed by atoms with Crippen LogP contribution in [0.3, 0.4) is 0 Å². The van der Waals surface area contributed by atoms with Crippen LogP contribution in [0.4, 0.5) is 18.9 Å². The zero-order chi connectivity index (χ0) is 15.0. The van der Waals surface area contributed by atoms with Gasteiger partial charge in [-0.1, -0.05) is 6.42 Å². The average Bonchev–Trinajstić information content (AvgIpc) is 2.70. The molecule has 1 aliphatic rings. The number of hydrogen-bond acceptors (Lipinski definition) is 2. The Morgan fingerprint density at radius 1 is 1.10 bits per heavy atom. The lowest BCUT2D eigenvalue weighted by Crippen LogP contribution is -2.09. The Bertz CT molecular complexity index is 698. The molecule has 0 unspecified atom stereocenters. The van der Waals surface area contributed by atoms with Gasteiger partial charge in [0, 0.05) is 18.3 Å². The van der Waals surface area contributed by atoms with Crippen LogP contribution >= 0.6 is 0 Å². The van der Waals surface area contributed by atoms with Crippen LogP contribution in [0.25, 0.3) is 10.9 Å². The highest BCUT2D eigenvalue weighted by atomic mass is 19.2. The first-order chi connectivity index (χ1) is 10.1. The Balaban J connectivity index is 2.39. The van der Waals surface area contributed by atoms with Gasteiger partial charge in [-0.05, 0) is 38.2 Å². The molecule has 0 atom stereocenters. The van der Waals surface area contributed by atoms with Gasteiger partial charge in [0.05, 0.1) is 11.1 Å². The van der Waals surface area contributed by atoms with Crippen LogP contribution in [0, 0.1) is 17.5 Å². The Hall–Kier alpha value is -1.78. The first-order valence-electron chi connectivity index (χ1n) is 7.36. The summed E-state index contributed by atoms with van der Waals surface area (Å²) >= 11 is 0. The molecule has 0 spiro atoms. The second-order valence-corrected chi connectivity index (χ2v) is 5.38. The van der Waals surface area contributed by atoms with Crippen molar-refractivity contribution in [2.75, 3.05) is 11.9 Å². The Labute approximate surface area is 121 Å². The van der Waals surface area contributed by atoms with E-state index in [0.29, 0.717) is 18.3 Å². The molecule has 1 aliphatic carbocycles. The molecule has 0 saturated heterocycles. The van der Waals surface area contributed by atoms with Gasteiger partial charge in [0.15, 0.2) is 11.6 Å². The minimum Gasteiger partial charge on any atom is -0.384 e. The summed E-state index contributed by atoms with van der Waals surface area (Å²) in [6, 6.07) is 0.600. The Morgan fingerprint density at radius 2 is 1.86 bits per heavy atom. The van der Waals surface area contributed by atoms with Crippen LogP contribution in [-0.4, -0.2) is 11.5 Å². The third-order valence-electron chi connectivity index (χ3n) is 3.99. The summed E-state index contributed by atoms with van der Waals surface area (Å²) in [4.78, 5) is 4.24. The predicted molar refractivity (Wildman–Crippen MR) is 77.0 cm³/mol. The normalized spacial score (nSPS) is 14.9. The number of aromatic nitrogens is 1. The summed E-state index contributed by atoms with van der Waals surface area (Å²) < 4.78 is 41.7. The molecular formula is C16H17F3N2. The topological polar surface area (TPSA) is 24.9 Å². The van der Waals surface area contributed by atoms with Gasteiger partial charge in [-0.2, -0.15) is 0 Å². The highest BCUT2D eigenvalue weighted by Gasteiger charge is 2.23. The molecule has 112 valence electrons. The van der Waals surface area contributed by atoms with Crippen LogP contribution in [-0.2, 0) is 12.8 Å². The van der Waals surface area contributed by atoms with E-state index in [4.69, 9.17) is 0 Å². The monoisotopic (exact) mass is 294 g/mol. The maximum absolute atomic E-state index is 14.2. The maximum Gasteiger partial charge on any atom is 0.185 e. The van der Waals surface area contributed by atoms with Crippen molar-refractivity contribution in [2.45, 2.75) is 39.0 Å². The standard InChI is InChI=1S/C16H17F3N2/c1-2-20-15-9-6-4-3-5-7-12(9)21-16-13(15)10(17)8-11(18)14(16)19/h8H,2-7H2,1H3,(H,20,21). The third kappa shape index (κ3) is 2.34. The van der Waals surface area contributed by atoms with E-state index in [2.05, 4.69) is 10.3 Å². The van der Waals surface area contributed by atoms with Crippen molar-refractivity contribution >= 4 is 16.6 Å². The van der Waals surface area contributed by atoms with E-state index in [1.807, 2.05) is 6.92 Å². The van der Waals surface area contributed by atoms with Gasteiger partial charge in [0.2, 0.25) is 0 Å². The van der Waals surface area contributed by atoms with E-state index in [1.165, 1.54) is 0 Å². The Kier molecular flexibility index (Phi) is 3.74. The SMILES string of the molecule is CCNc1c2c(nc3c(F)c(F)cc(F)c13)CCCCC2. The molecule has 3 rings (SSSR count). The van der Waals surface area contributed by atoms with E-state index >= 15 is 0 Å². The molecule has 0 bridgehead atoms. The van der Waals surface area contributed by atoms with Crippen LogP contribution in [0.1, 0.15) is 37.4 Å². The van der Waals surface area contributed by atoms with Gasteiger partial charge in [-0.15, -0.1) is 0 Å². The molecule has 0 radical (unpaired) electrons. The van der Waals surface area contributed by atoms with Gasteiger partial charge in [0.1, 0.15) is 11.3 Å². The Morgan fingerprint density at radius 3 is 2.62 bits per heavy atom. The number of anilines is 1. The molecule has 1 aromatic carbocycles. The van der Waals surface area contributed by atoms with E-state index in [-0.39, 0.29) is 10.9 Å². The number of benzene rings is 1. The van der Waals surface area contributed by atoms with Gasteiger partial charge in [-0.25, -0.2) is 18.2 Å². The number of rotatable bonds is 2. The van der Waals surface area contributed by atoms with Crippen LogP contribution in [0.5, 0.6) is 0 Å². The fourth-order valence-electron chi connectivity index (χ4n) is 3.04. The molecule has 21 heavy (non-hydrogen) atoms. The van der Waals surface area contributed by atoms with Crippen LogP contribution in [0.2, 0.25) is 0 Å². The van der Waals surface area contributed by atoms with Gasteiger partial charge < -0.3 is 5.32 Å². The zero-order valence-electron chi connectivity index (χ0n) is 11.9. The summed E-state index contributed by atoms with van der Waals surface area (Å²) in [5.74, 6) is -3.03. The molecule has 5 heteroatoms. The fourth-order valence-corrected chi connectivity index (χ4v) is 3.04. The van der Waals surface area contributed by atoms with Gasteiger partial charge in [-0.3, -0.25) is 0 Å². The van der Waals surface area contributed by atoms with E-state index in [0.717, 1.165) is 43.4 Å². The lowest BCUT2D eigenvalue weighted by Gasteiger charge is -2.17. The number of aryl methyl sites for hydroxylation is 1. The number of hydrogen-bond donors (Lipinski definition) is 1. The van der Waals surface area contributed by atoms with E-state index in [1.54, 1.807) is 0 Å². The molecule has 1 aromatic heterocycles. The smallest absolute Gasteiger partial charge is 0.185 e. The number of nitrogens with zero attached hydrogens (tertiary/aromatic N) is 1. The largest absolute Gasteiger partial charge is 0.384 e. The molecule has 0 aliphatic heterocycles. The number of pyridine rings is 1. The lowest BCUT2D eigenvalue weighted by atomic mass is 10.0. The molecule has 0 amide bonds. The average molecular weight is 294 g/mol. The van der Waals surface area contributed by atoms with Crippen molar-refractivity contribution in [3.8, 4) is 0 Å². The summed E-state index contributed by atoms with van der Waals surface area (Å²) in [5.41, 5.74) is 2.09. The summed E-state index contributed by atoms with van der Waals surface area (Å²) in [5, 5.41) is 3.19. The molecule has 0 saturated carbocycles. The molecule has 1 N–H and O–H groups in total. The minimum atomic E-state index is -1.19. The van der Waals surface area contributed by atoms with Crippen molar-refractivity contribution in [1.82, 2.24) is 4.98 Å². The second kappa shape index (κ2) is 5.54. The number of nitrogens with one attached hydrogen (secondary N) is 1. The lowest BCUT2D eigenvalue weighted by molar-refractivity contribution is 0.504. The van der Waals surface area contributed by atoms with Crippen LogP contribution in [0.15, 0.2) is 6.07 Å². The second-order valence-electron chi connectivity index (χ2n) is 5.38. The van der Waals surface area contributed by atoms with E-state index in [9.17, 15) is 13.2 Å². The van der Waals surface area contributed by atoms with Crippen molar-refractivity contribution in [1.29, 1.82) is 0 Å². The highest BCUT2D eigenvalue weighted by Crippen LogP contribution is 2.35. The number of fused-ring (bicyclic) bond motifs is 2. The molecule has 2 aromatic rings. The number of halogens is 3. The molecular weight excluding hydrogens is 277 g/mol. The summed E-state index contributed by atoms with van der Waals surface area (Å²) in [6.45, 7) is 2.48. The van der Waals surface area contributed by atoms with Gasteiger partial charge >= 0.3 is 0 Å². The molecule has 0 fully saturated rings. The fraction of sp³-hybridized carbons (Fsp3) is 0.438.